The maximum Gasteiger partial charge on any atom is 0.323 e. The molecule has 4 atom stereocenters. The zero-order valence-electron chi connectivity index (χ0n) is 14.4. The molecule has 1 aliphatic rings. The Morgan fingerprint density at radius 1 is 1.39 bits per heavy atom. The van der Waals surface area contributed by atoms with Crippen molar-refractivity contribution in [2.75, 3.05) is 6.61 Å². The highest BCUT2D eigenvalue weighted by molar-refractivity contribution is 5.75. The SMILES string of the molecule is CC(C)COC1C(Cc2ccco2)CCCC(N)C(=O)OC1C. The predicted octanol–water partition coefficient (Wildman–Crippen LogP) is 2.92. The molecule has 0 aromatic carbocycles. The summed E-state index contributed by atoms with van der Waals surface area (Å²) in [6.45, 7) is 6.77. The van der Waals surface area contributed by atoms with Crippen LogP contribution in [0.1, 0.15) is 45.8 Å². The van der Waals surface area contributed by atoms with Crippen LogP contribution in [0.2, 0.25) is 0 Å². The van der Waals surface area contributed by atoms with Gasteiger partial charge in [-0.2, -0.15) is 0 Å². The Hall–Kier alpha value is -1.33. The number of carbonyl (C=O) groups excluding carboxylic acids is 1. The van der Waals surface area contributed by atoms with Gasteiger partial charge in [-0.3, -0.25) is 4.79 Å². The van der Waals surface area contributed by atoms with Crippen LogP contribution in [0.25, 0.3) is 0 Å². The van der Waals surface area contributed by atoms with Crippen molar-refractivity contribution in [3.05, 3.63) is 24.2 Å². The summed E-state index contributed by atoms with van der Waals surface area (Å²) in [5.41, 5.74) is 5.89. The first kappa shape index (κ1) is 18.0. The fraction of sp³-hybridized carbons (Fsp3) is 0.722. The zero-order valence-corrected chi connectivity index (χ0v) is 14.4. The maximum atomic E-state index is 12.0. The molecule has 0 radical (unpaired) electrons. The highest BCUT2D eigenvalue weighted by Gasteiger charge is 2.34. The van der Waals surface area contributed by atoms with Crippen molar-refractivity contribution in [3.8, 4) is 0 Å². The highest BCUT2D eigenvalue weighted by Crippen LogP contribution is 2.27. The fourth-order valence-corrected chi connectivity index (χ4v) is 3.08. The van der Waals surface area contributed by atoms with Crippen LogP contribution in [-0.2, 0) is 20.7 Å². The van der Waals surface area contributed by atoms with Gasteiger partial charge in [-0.1, -0.05) is 20.3 Å². The van der Waals surface area contributed by atoms with Crippen LogP contribution < -0.4 is 5.73 Å². The second-order valence-corrected chi connectivity index (χ2v) is 6.91. The van der Waals surface area contributed by atoms with Gasteiger partial charge in [-0.05, 0) is 43.7 Å². The van der Waals surface area contributed by atoms with E-state index in [1.165, 1.54) is 0 Å². The molecule has 4 unspecified atom stereocenters. The first-order chi connectivity index (χ1) is 11.0. The normalized spacial score (nSPS) is 29.7. The third-order valence-electron chi connectivity index (χ3n) is 4.29. The number of hydrogen-bond donors (Lipinski definition) is 1. The molecule has 1 saturated heterocycles. The van der Waals surface area contributed by atoms with Crippen molar-refractivity contribution in [1.29, 1.82) is 0 Å². The minimum atomic E-state index is -0.537. The van der Waals surface area contributed by atoms with Crippen molar-refractivity contribution in [1.82, 2.24) is 0 Å². The lowest BCUT2D eigenvalue weighted by Crippen LogP contribution is -2.41. The van der Waals surface area contributed by atoms with Gasteiger partial charge in [0.05, 0.1) is 12.4 Å². The minimum absolute atomic E-state index is 0.142. The number of ether oxygens (including phenoxy) is 2. The van der Waals surface area contributed by atoms with Crippen LogP contribution in [0.4, 0.5) is 0 Å². The van der Waals surface area contributed by atoms with E-state index in [1.54, 1.807) is 6.26 Å². The summed E-state index contributed by atoms with van der Waals surface area (Å²) in [7, 11) is 0. The average Bonchev–Trinajstić information content (AvgIpc) is 2.99. The van der Waals surface area contributed by atoms with Crippen molar-refractivity contribution >= 4 is 5.97 Å². The minimum Gasteiger partial charge on any atom is -0.469 e. The number of carbonyl (C=O) groups is 1. The van der Waals surface area contributed by atoms with E-state index in [-0.39, 0.29) is 24.1 Å². The van der Waals surface area contributed by atoms with Crippen LogP contribution in [0, 0.1) is 11.8 Å². The van der Waals surface area contributed by atoms with Gasteiger partial charge in [0, 0.05) is 13.0 Å². The van der Waals surface area contributed by atoms with Crippen LogP contribution in [0.5, 0.6) is 0 Å². The van der Waals surface area contributed by atoms with Crippen molar-refractivity contribution in [3.63, 3.8) is 0 Å². The predicted molar refractivity (Wildman–Crippen MR) is 87.9 cm³/mol. The first-order valence-corrected chi connectivity index (χ1v) is 8.57. The Kier molecular flexibility index (Phi) is 6.66. The molecule has 23 heavy (non-hydrogen) atoms. The van der Waals surface area contributed by atoms with Crippen molar-refractivity contribution in [2.45, 2.75) is 64.7 Å². The molecule has 2 heterocycles. The Balaban J connectivity index is 2.15. The summed E-state index contributed by atoms with van der Waals surface area (Å²) >= 11 is 0. The second-order valence-electron chi connectivity index (χ2n) is 6.91. The molecule has 1 aliphatic heterocycles. The first-order valence-electron chi connectivity index (χ1n) is 8.57. The monoisotopic (exact) mass is 323 g/mol. The summed E-state index contributed by atoms with van der Waals surface area (Å²) in [6, 6.07) is 3.34. The van der Waals surface area contributed by atoms with Gasteiger partial charge in [-0.25, -0.2) is 0 Å². The van der Waals surface area contributed by atoms with Crippen LogP contribution in [0.15, 0.2) is 22.8 Å². The topological polar surface area (TPSA) is 74.7 Å². The van der Waals surface area contributed by atoms with Gasteiger partial charge < -0.3 is 19.6 Å². The maximum absolute atomic E-state index is 12.0. The van der Waals surface area contributed by atoms with E-state index in [9.17, 15) is 4.79 Å². The summed E-state index contributed by atoms with van der Waals surface area (Å²) in [5.74, 6) is 1.29. The molecular formula is C18H29NO4. The number of rotatable bonds is 5. The molecule has 0 amide bonds. The second kappa shape index (κ2) is 8.50. The Morgan fingerprint density at radius 2 is 2.17 bits per heavy atom. The van der Waals surface area contributed by atoms with E-state index in [0.717, 1.165) is 25.0 Å². The molecule has 2 N–H and O–H groups in total. The van der Waals surface area contributed by atoms with Crippen molar-refractivity contribution < 1.29 is 18.7 Å². The van der Waals surface area contributed by atoms with E-state index < -0.39 is 6.04 Å². The summed E-state index contributed by atoms with van der Waals surface area (Å²) in [6.07, 6.45) is 4.49. The van der Waals surface area contributed by atoms with Gasteiger partial charge in [0.2, 0.25) is 0 Å². The standard InChI is InChI=1S/C18H29NO4/c1-12(2)11-22-17-13(3)23-18(20)16(19)8-4-6-14(17)10-15-7-5-9-21-15/h5,7,9,12-14,16-17H,4,6,8,10-11,19H2,1-3H3. The molecule has 2 rings (SSSR count). The lowest BCUT2D eigenvalue weighted by Gasteiger charge is -2.31. The number of nitrogens with two attached hydrogens (primary N) is 1. The third kappa shape index (κ3) is 5.36. The Labute approximate surface area is 138 Å². The largest absolute Gasteiger partial charge is 0.469 e. The van der Waals surface area contributed by atoms with Crippen LogP contribution >= 0.6 is 0 Å². The van der Waals surface area contributed by atoms with E-state index >= 15 is 0 Å². The average molecular weight is 323 g/mol. The molecule has 130 valence electrons. The molecule has 1 fully saturated rings. The van der Waals surface area contributed by atoms with Gasteiger partial charge in [0.1, 0.15) is 17.9 Å². The Morgan fingerprint density at radius 3 is 2.83 bits per heavy atom. The van der Waals surface area contributed by atoms with Gasteiger partial charge in [-0.15, -0.1) is 0 Å². The molecule has 0 bridgehead atoms. The fourth-order valence-electron chi connectivity index (χ4n) is 3.08. The summed E-state index contributed by atoms with van der Waals surface area (Å²) in [4.78, 5) is 12.0. The van der Waals surface area contributed by atoms with Crippen LogP contribution in [-0.4, -0.2) is 30.8 Å². The van der Waals surface area contributed by atoms with E-state index in [4.69, 9.17) is 19.6 Å². The van der Waals surface area contributed by atoms with E-state index in [0.29, 0.717) is 18.9 Å². The molecule has 1 aromatic rings. The summed E-state index contributed by atoms with van der Waals surface area (Å²) in [5, 5.41) is 0. The summed E-state index contributed by atoms with van der Waals surface area (Å²) < 4.78 is 17.2. The number of esters is 1. The molecule has 1 aromatic heterocycles. The smallest absolute Gasteiger partial charge is 0.323 e. The van der Waals surface area contributed by atoms with Gasteiger partial charge in [0.25, 0.3) is 0 Å². The van der Waals surface area contributed by atoms with Gasteiger partial charge in [0.15, 0.2) is 0 Å². The van der Waals surface area contributed by atoms with E-state index in [1.807, 2.05) is 19.1 Å². The molecule has 5 heteroatoms. The number of hydrogen-bond acceptors (Lipinski definition) is 5. The number of cyclic esters (lactones) is 1. The lowest BCUT2D eigenvalue weighted by atomic mass is 9.88. The molecule has 0 aliphatic carbocycles. The van der Waals surface area contributed by atoms with Crippen LogP contribution in [0.3, 0.4) is 0 Å². The molecule has 5 nitrogen and oxygen atoms in total. The van der Waals surface area contributed by atoms with E-state index in [2.05, 4.69) is 13.8 Å². The molecule has 0 saturated carbocycles. The zero-order chi connectivity index (χ0) is 16.8. The molecular weight excluding hydrogens is 294 g/mol. The van der Waals surface area contributed by atoms with Gasteiger partial charge >= 0.3 is 5.97 Å². The van der Waals surface area contributed by atoms with Crippen molar-refractivity contribution in [2.24, 2.45) is 17.6 Å². The third-order valence-corrected chi connectivity index (χ3v) is 4.29. The molecule has 0 spiro atoms. The Bertz CT molecular complexity index is 471. The number of furan rings is 1. The quantitative estimate of drug-likeness (QED) is 0.843. The highest BCUT2D eigenvalue weighted by atomic mass is 16.6. The lowest BCUT2D eigenvalue weighted by molar-refractivity contribution is -0.160.